The fraction of sp³-hybridized carbons (Fsp3) is 0.500. The van der Waals surface area contributed by atoms with E-state index in [1.807, 2.05) is 18.9 Å². The van der Waals surface area contributed by atoms with Gasteiger partial charge in [0.25, 0.3) is 0 Å². The van der Waals surface area contributed by atoms with Crippen molar-refractivity contribution in [3.05, 3.63) is 22.9 Å². The van der Waals surface area contributed by atoms with Crippen molar-refractivity contribution < 1.29 is 0 Å². The van der Waals surface area contributed by atoms with Crippen LogP contribution < -0.4 is 16.3 Å². The maximum atomic E-state index is 11.2. The zero-order valence-corrected chi connectivity index (χ0v) is 9.92. The number of nitrogens with two attached hydrogens (primary N) is 1. The summed E-state index contributed by atoms with van der Waals surface area (Å²) < 4.78 is 1.36. The Bertz CT molecular complexity index is 557. The molecule has 1 atom stereocenters. The largest absolute Gasteiger partial charge is 0.359 e. The summed E-state index contributed by atoms with van der Waals surface area (Å²) in [6.45, 7) is 2.78. The number of H-pyrrole nitrogens is 1. The summed E-state index contributed by atoms with van der Waals surface area (Å²) in [5.74, 6) is 0.775. The van der Waals surface area contributed by atoms with Crippen molar-refractivity contribution in [3.63, 3.8) is 0 Å². The predicted molar refractivity (Wildman–Crippen MR) is 65.1 cm³/mol. The lowest BCUT2D eigenvalue weighted by Crippen LogP contribution is -2.26. The highest BCUT2D eigenvalue weighted by Crippen LogP contribution is 2.09. The Morgan fingerprint density at radius 3 is 3.12 bits per heavy atom. The first kappa shape index (κ1) is 11.6. The Morgan fingerprint density at radius 2 is 2.41 bits per heavy atom. The van der Waals surface area contributed by atoms with Crippen LogP contribution >= 0.6 is 0 Å². The lowest BCUT2D eigenvalue weighted by Gasteiger charge is -2.18. The molecule has 0 spiro atoms. The van der Waals surface area contributed by atoms with Crippen LogP contribution in [0.5, 0.6) is 0 Å². The molecular formula is C10H16N6O. The standard InChI is InChI=1S/C10H16N6O/c1-7(11)3-4-15(2)8-5-9-13-14-10(17)16(9)6-12-8/h5-7H,3-4,11H2,1-2H3,(H,14,17). The van der Waals surface area contributed by atoms with Crippen LogP contribution in [0.4, 0.5) is 5.82 Å². The van der Waals surface area contributed by atoms with Gasteiger partial charge in [0.1, 0.15) is 12.1 Å². The molecule has 7 nitrogen and oxygen atoms in total. The highest BCUT2D eigenvalue weighted by molar-refractivity contribution is 5.49. The number of fused-ring (bicyclic) bond motifs is 1. The van der Waals surface area contributed by atoms with Gasteiger partial charge >= 0.3 is 5.69 Å². The first-order valence-electron chi connectivity index (χ1n) is 5.47. The van der Waals surface area contributed by atoms with E-state index in [0.717, 1.165) is 18.8 Å². The third-order valence-electron chi connectivity index (χ3n) is 2.61. The summed E-state index contributed by atoms with van der Waals surface area (Å²) >= 11 is 0. The summed E-state index contributed by atoms with van der Waals surface area (Å²) in [6.07, 6.45) is 2.36. The Kier molecular flexibility index (Phi) is 3.10. The molecule has 2 aromatic heterocycles. The molecular weight excluding hydrogens is 220 g/mol. The minimum Gasteiger partial charge on any atom is -0.359 e. The van der Waals surface area contributed by atoms with Gasteiger partial charge < -0.3 is 10.6 Å². The van der Waals surface area contributed by atoms with Crippen LogP contribution in [-0.4, -0.2) is 39.2 Å². The second-order valence-electron chi connectivity index (χ2n) is 4.19. The molecule has 0 aliphatic rings. The average molecular weight is 236 g/mol. The van der Waals surface area contributed by atoms with Gasteiger partial charge in [-0.1, -0.05) is 0 Å². The third kappa shape index (κ3) is 2.44. The van der Waals surface area contributed by atoms with E-state index < -0.39 is 0 Å². The molecule has 0 fully saturated rings. The fourth-order valence-electron chi connectivity index (χ4n) is 1.52. The number of nitrogens with one attached hydrogen (secondary N) is 1. The van der Waals surface area contributed by atoms with E-state index in [1.54, 1.807) is 6.07 Å². The molecule has 0 amide bonds. The minimum atomic E-state index is -0.280. The molecule has 2 rings (SSSR count). The number of hydrogen-bond donors (Lipinski definition) is 2. The van der Waals surface area contributed by atoms with Gasteiger partial charge in [0, 0.05) is 25.7 Å². The monoisotopic (exact) mass is 236 g/mol. The number of rotatable bonds is 4. The first-order valence-corrected chi connectivity index (χ1v) is 5.47. The predicted octanol–water partition coefficient (Wildman–Crippen LogP) is -0.409. The van der Waals surface area contributed by atoms with Crippen LogP contribution in [0.2, 0.25) is 0 Å². The van der Waals surface area contributed by atoms with Gasteiger partial charge in [-0.2, -0.15) is 5.10 Å². The number of anilines is 1. The van der Waals surface area contributed by atoms with E-state index in [1.165, 1.54) is 10.7 Å². The van der Waals surface area contributed by atoms with Crippen molar-refractivity contribution in [1.82, 2.24) is 19.6 Å². The Balaban J connectivity index is 2.21. The highest BCUT2D eigenvalue weighted by atomic mass is 16.1. The third-order valence-corrected chi connectivity index (χ3v) is 2.61. The molecule has 7 heteroatoms. The van der Waals surface area contributed by atoms with E-state index in [2.05, 4.69) is 15.2 Å². The molecule has 0 saturated heterocycles. The molecule has 3 N–H and O–H groups in total. The van der Waals surface area contributed by atoms with Crippen LogP contribution in [0, 0.1) is 0 Å². The van der Waals surface area contributed by atoms with E-state index in [0.29, 0.717) is 5.65 Å². The van der Waals surface area contributed by atoms with E-state index in [-0.39, 0.29) is 11.7 Å². The summed E-state index contributed by atoms with van der Waals surface area (Å²) in [5.41, 5.74) is 5.99. The second kappa shape index (κ2) is 4.54. The zero-order valence-electron chi connectivity index (χ0n) is 9.92. The summed E-state index contributed by atoms with van der Waals surface area (Å²) in [6, 6.07) is 1.92. The van der Waals surface area contributed by atoms with Crippen molar-refractivity contribution >= 4 is 11.5 Å². The summed E-state index contributed by atoms with van der Waals surface area (Å²) in [7, 11) is 1.94. The van der Waals surface area contributed by atoms with Gasteiger partial charge in [-0.25, -0.2) is 19.3 Å². The van der Waals surface area contributed by atoms with Crippen molar-refractivity contribution in [2.75, 3.05) is 18.5 Å². The molecule has 0 aliphatic heterocycles. The normalized spacial score (nSPS) is 12.9. The highest BCUT2D eigenvalue weighted by Gasteiger charge is 2.07. The lowest BCUT2D eigenvalue weighted by atomic mass is 10.2. The van der Waals surface area contributed by atoms with Gasteiger partial charge in [-0.15, -0.1) is 0 Å². The molecule has 1 unspecified atom stereocenters. The van der Waals surface area contributed by atoms with E-state index in [4.69, 9.17) is 5.73 Å². The van der Waals surface area contributed by atoms with Crippen LogP contribution in [0.25, 0.3) is 5.65 Å². The average Bonchev–Trinajstić information content (AvgIpc) is 2.67. The summed E-state index contributed by atoms with van der Waals surface area (Å²) in [4.78, 5) is 17.4. The maximum Gasteiger partial charge on any atom is 0.348 e. The number of aromatic amines is 1. The van der Waals surface area contributed by atoms with Gasteiger partial charge in [-0.05, 0) is 13.3 Å². The van der Waals surface area contributed by atoms with Gasteiger partial charge in [0.05, 0.1) is 0 Å². The van der Waals surface area contributed by atoms with Crippen LogP contribution in [0.15, 0.2) is 17.2 Å². The zero-order chi connectivity index (χ0) is 12.4. The molecule has 2 aromatic rings. The smallest absolute Gasteiger partial charge is 0.348 e. The molecule has 0 aliphatic carbocycles. The van der Waals surface area contributed by atoms with E-state index >= 15 is 0 Å². The molecule has 0 saturated carbocycles. The minimum absolute atomic E-state index is 0.161. The molecule has 92 valence electrons. The van der Waals surface area contributed by atoms with Crippen molar-refractivity contribution in [3.8, 4) is 0 Å². The van der Waals surface area contributed by atoms with Crippen molar-refractivity contribution in [2.45, 2.75) is 19.4 Å². The van der Waals surface area contributed by atoms with Crippen molar-refractivity contribution in [2.24, 2.45) is 5.73 Å². The Morgan fingerprint density at radius 1 is 1.65 bits per heavy atom. The maximum absolute atomic E-state index is 11.2. The number of nitrogens with zero attached hydrogens (tertiary/aromatic N) is 4. The lowest BCUT2D eigenvalue weighted by molar-refractivity contribution is 0.656. The van der Waals surface area contributed by atoms with Crippen LogP contribution in [0.1, 0.15) is 13.3 Å². The van der Waals surface area contributed by atoms with E-state index in [9.17, 15) is 4.79 Å². The van der Waals surface area contributed by atoms with Gasteiger partial charge in [-0.3, -0.25) is 0 Å². The molecule has 0 aromatic carbocycles. The van der Waals surface area contributed by atoms with Crippen LogP contribution in [0.3, 0.4) is 0 Å². The van der Waals surface area contributed by atoms with Gasteiger partial charge in [0.15, 0.2) is 5.65 Å². The quantitative estimate of drug-likeness (QED) is 0.753. The van der Waals surface area contributed by atoms with Crippen molar-refractivity contribution in [1.29, 1.82) is 0 Å². The fourth-order valence-corrected chi connectivity index (χ4v) is 1.52. The topological polar surface area (TPSA) is 92.3 Å². The number of aromatic nitrogens is 4. The SMILES string of the molecule is CC(N)CCN(C)c1cc2n[nH]c(=O)n2cn1. The second-order valence-corrected chi connectivity index (χ2v) is 4.19. The Labute approximate surface area is 98.3 Å². The first-order chi connectivity index (χ1) is 8.08. The van der Waals surface area contributed by atoms with Gasteiger partial charge in [0.2, 0.25) is 0 Å². The Hall–Kier alpha value is -1.89. The van der Waals surface area contributed by atoms with Crippen LogP contribution in [-0.2, 0) is 0 Å². The molecule has 2 heterocycles. The summed E-state index contributed by atoms with van der Waals surface area (Å²) in [5, 5.41) is 6.26. The molecule has 0 bridgehead atoms. The molecule has 17 heavy (non-hydrogen) atoms. The molecule has 0 radical (unpaired) electrons. The number of hydrogen-bond acceptors (Lipinski definition) is 5.